The van der Waals surface area contributed by atoms with Crippen molar-refractivity contribution in [2.45, 2.75) is 0 Å². The van der Waals surface area contributed by atoms with Crippen LogP contribution < -0.4 is 0 Å². The predicted molar refractivity (Wildman–Crippen MR) is 145 cm³/mol. The van der Waals surface area contributed by atoms with Gasteiger partial charge in [-0.1, -0.05) is 72.2 Å². The van der Waals surface area contributed by atoms with E-state index in [-0.39, 0.29) is 35.9 Å². The van der Waals surface area contributed by atoms with Crippen molar-refractivity contribution in [3.05, 3.63) is 130 Å². The van der Waals surface area contributed by atoms with E-state index in [9.17, 15) is 19.8 Å². The molecule has 0 aliphatic carbocycles. The minimum Gasteiger partial charge on any atom is -0.478 e. The molecule has 4 nitrogen and oxygen atoms in total. The molecule has 178 valence electrons. The van der Waals surface area contributed by atoms with Crippen molar-refractivity contribution in [3.8, 4) is 34.8 Å². The second-order valence-electron chi connectivity index (χ2n) is 7.36. The van der Waals surface area contributed by atoms with Crippen LogP contribution in [0.2, 0.25) is 0 Å². The molecule has 0 aliphatic rings. The van der Waals surface area contributed by atoms with Gasteiger partial charge in [0.2, 0.25) is 0 Å². The summed E-state index contributed by atoms with van der Waals surface area (Å²) in [6.45, 7) is 0. The van der Waals surface area contributed by atoms with Gasteiger partial charge in [-0.15, -0.1) is 24.8 Å². The number of hydrogen-bond donors (Lipinski definition) is 2. The van der Waals surface area contributed by atoms with Crippen LogP contribution in [0.3, 0.4) is 0 Å². The van der Waals surface area contributed by atoms with Gasteiger partial charge in [-0.25, -0.2) is 9.59 Å². The molecule has 0 bridgehead atoms. The van der Waals surface area contributed by atoms with Gasteiger partial charge in [0, 0.05) is 22.3 Å². The Labute approximate surface area is 221 Å². The molecule has 0 saturated carbocycles. The summed E-state index contributed by atoms with van der Waals surface area (Å²) >= 11 is 0. The topological polar surface area (TPSA) is 74.6 Å². The van der Waals surface area contributed by atoms with E-state index in [4.69, 9.17) is 0 Å². The molecular formula is C30H20Cl2O4. The molecule has 0 fully saturated rings. The van der Waals surface area contributed by atoms with Gasteiger partial charge in [-0.3, -0.25) is 0 Å². The van der Waals surface area contributed by atoms with Crippen LogP contribution in [-0.2, 0) is 0 Å². The van der Waals surface area contributed by atoms with E-state index in [1.807, 2.05) is 60.7 Å². The zero-order chi connectivity index (χ0) is 23.9. The van der Waals surface area contributed by atoms with Gasteiger partial charge in [0.1, 0.15) is 0 Å². The number of carbonyl (C=O) groups is 2. The van der Waals surface area contributed by atoms with Crippen molar-refractivity contribution >= 4 is 36.8 Å². The minimum absolute atomic E-state index is 0. The standard InChI is InChI=1S/C30H18O4.2ClH/c31-29(32)25-15-17-27(23(19-25)13-11-21-7-3-1-4-8-21)28-18-16-26(30(33)34)20-24(28)14-12-22-9-5-2-6-10-22;;/h1-10,15-20H,(H,31,32)(H,33,34);2*1H. The van der Waals surface area contributed by atoms with Crippen LogP contribution in [0.15, 0.2) is 97.1 Å². The fourth-order valence-corrected chi connectivity index (χ4v) is 3.35. The van der Waals surface area contributed by atoms with Gasteiger partial charge in [0.15, 0.2) is 0 Å². The van der Waals surface area contributed by atoms with E-state index in [0.29, 0.717) is 22.3 Å². The molecule has 0 radical (unpaired) electrons. The summed E-state index contributed by atoms with van der Waals surface area (Å²) in [6, 6.07) is 28.2. The summed E-state index contributed by atoms with van der Waals surface area (Å²) in [6.07, 6.45) is 0. The first kappa shape index (κ1) is 27.8. The molecule has 0 unspecified atom stereocenters. The quantitative estimate of drug-likeness (QED) is 0.310. The third-order valence-electron chi connectivity index (χ3n) is 5.05. The van der Waals surface area contributed by atoms with Crippen LogP contribution in [0.5, 0.6) is 0 Å². The Morgan fingerprint density at radius 2 is 0.861 bits per heavy atom. The number of rotatable bonds is 3. The lowest BCUT2D eigenvalue weighted by molar-refractivity contribution is 0.0686. The molecule has 2 N–H and O–H groups in total. The molecule has 0 aromatic heterocycles. The summed E-state index contributed by atoms with van der Waals surface area (Å²) in [5.41, 5.74) is 4.16. The van der Waals surface area contributed by atoms with E-state index in [1.165, 1.54) is 24.3 Å². The maximum Gasteiger partial charge on any atom is 0.335 e. The molecule has 6 heteroatoms. The van der Waals surface area contributed by atoms with Gasteiger partial charge in [0.05, 0.1) is 11.1 Å². The molecule has 0 atom stereocenters. The SMILES string of the molecule is Cl.Cl.O=C(O)c1ccc(-c2ccc(C(=O)O)cc2C#Cc2ccccc2)c(C#Cc2ccccc2)c1. The van der Waals surface area contributed by atoms with Crippen LogP contribution in [0, 0.1) is 23.7 Å². The summed E-state index contributed by atoms with van der Waals surface area (Å²) in [7, 11) is 0. The molecule has 4 rings (SSSR count). The highest BCUT2D eigenvalue weighted by atomic mass is 35.5. The lowest BCUT2D eigenvalue weighted by atomic mass is 9.92. The number of halogens is 2. The fraction of sp³-hybridized carbons (Fsp3) is 0. The van der Waals surface area contributed by atoms with E-state index in [2.05, 4.69) is 23.7 Å². The Morgan fingerprint density at radius 3 is 1.19 bits per heavy atom. The average Bonchev–Trinajstić information content (AvgIpc) is 2.87. The van der Waals surface area contributed by atoms with Gasteiger partial charge in [-0.2, -0.15) is 0 Å². The molecule has 36 heavy (non-hydrogen) atoms. The Hall–Kier alpha value is -4.48. The Bertz CT molecular complexity index is 1390. The zero-order valence-corrected chi connectivity index (χ0v) is 20.4. The van der Waals surface area contributed by atoms with E-state index >= 15 is 0 Å². The average molecular weight is 515 g/mol. The maximum atomic E-state index is 11.6. The molecule has 4 aromatic rings. The second-order valence-corrected chi connectivity index (χ2v) is 7.36. The molecule has 4 aromatic carbocycles. The fourth-order valence-electron chi connectivity index (χ4n) is 3.35. The van der Waals surface area contributed by atoms with Crippen molar-refractivity contribution in [1.82, 2.24) is 0 Å². The molecular weight excluding hydrogens is 495 g/mol. The minimum atomic E-state index is -1.06. The molecule has 0 heterocycles. The normalized spacial score (nSPS) is 9.22. The zero-order valence-electron chi connectivity index (χ0n) is 18.8. The highest BCUT2D eigenvalue weighted by Crippen LogP contribution is 2.29. The van der Waals surface area contributed by atoms with Crippen molar-refractivity contribution in [2.75, 3.05) is 0 Å². The van der Waals surface area contributed by atoms with Crippen molar-refractivity contribution in [3.63, 3.8) is 0 Å². The Kier molecular flexibility index (Phi) is 9.90. The first-order chi connectivity index (χ1) is 16.5. The molecule has 0 saturated heterocycles. The van der Waals surface area contributed by atoms with Crippen molar-refractivity contribution < 1.29 is 19.8 Å². The number of carboxylic acid groups (broad SMARTS) is 2. The van der Waals surface area contributed by atoms with Crippen molar-refractivity contribution in [1.29, 1.82) is 0 Å². The van der Waals surface area contributed by atoms with Gasteiger partial charge < -0.3 is 10.2 Å². The first-order valence-corrected chi connectivity index (χ1v) is 10.4. The lowest BCUT2D eigenvalue weighted by Gasteiger charge is -2.10. The highest BCUT2D eigenvalue weighted by Gasteiger charge is 2.14. The van der Waals surface area contributed by atoms with Crippen LogP contribution in [0.1, 0.15) is 43.0 Å². The second kappa shape index (κ2) is 12.8. The molecule has 0 amide bonds. The third-order valence-corrected chi connectivity index (χ3v) is 5.05. The molecule has 0 aliphatic heterocycles. The van der Waals surface area contributed by atoms with Gasteiger partial charge in [0.25, 0.3) is 0 Å². The van der Waals surface area contributed by atoms with Gasteiger partial charge >= 0.3 is 11.9 Å². The Morgan fingerprint density at radius 1 is 0.500 bits per heavy atom. The van der Waals surface area contributed by atoms with Crippen LogP contribution in [-0.4, -0.2) is 22.2 Å². The monoisotopic (exact) mass is 514 g/mol. The van der Waals surface area contributed by atoms with Crippen LogP contribution >= 0.6 is 24.8 Å². The van der Waals surface area contributed by atoms with E-state index in [1.54, 1.807) is 12.1 Å². The summed E-state index contributed by atoms with van der Waals surface area (Å²) in [4.78, 5) is 23.2. The molecule has 0 spiro atoms. The number of benzene rings is 4. The smallest absolute Gasteiger partial charge is 0.335 e. The van der Waals surface area contributed by atoms with Crippen LogP contribution in [0.25, 0.3) is 11.1 Å². The van der Waals surface area contributed by atoms with E-state index in [0.717, 1.165) is 11.1 Å². The predicted octanol–water partition coefficient (Wildman–Crippen LogP) is 6.39. The lowest BCUT2D eigenvalue weighted by Crippen LogP contribution is -2.00. The third kappa shape index (κ3) is 6.78. The number of aromatic carboxylic acids is 2. The first-order valence-electron chi connectivity index (χ1n) is 10.4. The largest absolute Gasteiger partial charge is 0.478 e. The summed E-state index contributed by atoms with van der Waals surface area (Å²) in [5, 5.41) is 19.0. The van der Waals surface area contributed by atoms with Crippen LogP contribution in [0.4, 0.5) is 0 Å². The number of carboxylic acids is 2. The number of hydrogen-bond acceptors (Lipinski definition) is 2. The Balaban J connectivity index is 0.00000228. The summed E-state index contributed by atoms with van der Waals surface area (Å²) < 4.78 is 0. The van der Waals surface area contributed by atoms with Gasteiger partial charge in [-0.05, 0) is 59.7 Å². The van der Waals surface area contributed by atoms with E-state index < -0.39 is 11.9 Å². The summed E-state index contributed by atoms with van der Waals surface area (Å²) in [5.74, 6) is 10.2. The van der Waals surface area contributed by atoms with Crippen molar-refractivity contribution in [2.24, 2.45) is 0 Å². The maximum absolute atomic E-state index is 11.6. The highest BCUT2D eigenvalue weighted by molar-refractivity contribution is 5.92.